The van der Waals surface area contributed by atoms with E-state index >= 15 is 0 Å². The SMILES string of the molecule is COc1cc(Nc2nc(C)cc(N3CCN(c4ccnc5cc(Cl)ccc45)CC3)n2)cc(C(F)(F)F)c1. The van der Waals surface area contributed by atoms with Crippen LogP contribution in [0, 0.1) is 6.92 Å². The number of piperazine rings is 1. The number of fused-ring (bicyclic) bond motifs is 1. The fourth-order valence-corrected chi connectivity index (χ4v) is 4.58. The number of nitrogens with one attached hydrogen (secondary N) is 1. The first-order valence-corrected chi connectivity index (χ1v) is 12.0. The van der Waals surface area contributed by atoms with Crippen molar-refractivity contribution in [3.63, 3.8) is 0 Å². The molecular formula is C26H24ClF3N6O. The Kier molecular flexibility index (Phi) is 6.68. The van der Waals surface area contributed by atoms with Crippen molar-refractivity contribution in [3.05, 3.63) is 71.0 Å². The molecular weight excluding hydrogens is 505 g/mol. The predicted octanol–water partition coefficient (Wildman–Crippen LogP) is 6.08. The molecule has 5 rings (SSSR count). The zero-order valence-corrected chi connectivity index (χ0v) is 20.9. The number of alkyl halides is 3. The third-order valence-electron chi connectivity index (χ3n) is 6.19. The minimum atomic E-state index is -4.50. The number of halogens is 4. The molecule has 1 fully saturated rings. The first-order valence-electron chi connectivity index (χ1n) is 11.6. The third-order valence-corrected chi connectivity index (χ3v) is 6.43. The minimum Gasteiger partial charge on any atom is -0.497 e. The number of benzene rings is 2. The number of ether oxygens (including phenoxy) is 1. The molecule has 1 saturated heterocycles. The summed E-state index contributed by atoms with van der Waals surface area (Å²) in [5.41, 5.74) is 2.02. The lowest BCUT2D eigenvalue weighted by Gasteiger charge is -2.37. The molecule has 192 valence electrons. The molecule has 3 heterocycles. The molecule has 0 radical (unpaired) electrons. The zero-order chi connectivity index (χ0) is 26.2. The van der Waals surface area contributed by atoms with Gasteiger partial charge in [-0.25, -0.2) is 4.98 Å². The topological polar surface area (TPSA) is 66.4 Å². The summed E-state index contributed by atoms with van der Waals surface area (Å²) in [6.07, 6.45) is -2.72. The zero-order valence-electron chi connectivity index (χ0n) is 20.2. The van der Waals surface area contributed by atoms with Gasteiger partial charge in [0.1, 0.15) is 11.6 Å². The van der Waals surface area contributed by atoms with Gasteiger partial charge in [0.2, 0.25) is 5.95 Å². The van der Waals surface area contributed by atoms with Crippen molar-refractivity contribution in [3.8, 4) is 5.75 Å². The Balaban J connectivity index is 1.34. The number of methoxy groups -OCH3 is 1. The third kappa shape index (κ3) is 5.48. The van der Waals surface area contributed by atoms with Crippen molar-refractivity contribution in [1.29, 1.82) is 0 Å². The molecule has 2 aromatic carbocycles. The number of nitrogens with zero attached hydrogens (tertiary/aromatic N) is 5. The summed E-state index contributed by atoms with van der Waals surface area (Å²) < 4.78 is 45.0. The van der Waals surface area contributed by atoms with E-state index in [1.54, 1.807) is 6.20 Å². The Morgan fingerprint density at radius 1 is 0.946 bits per heavy atom. The fourth-order valence-electron chi connectivity index (χ4n) is 4.41. The molecule has 0 atom stereocenters. The second-order valence-corrected chi connectivity index (χ2v) is 9.17. The first-order chi connectivity index (χ1) is 17.7. The molecule has 4 aromatic rings. The Labute approximate surface area is 216 Å². The van der Waals surface area contributed by atoms with E-state index in [4.69, 9.17) is 16.3 Å². The smallest absolute Gasteiger partial charge is 0.416 e. The maximum atomic E-state index is 13.3. The number of rotatable bonds is 5. The summed E-state index contributed by atoms with van der Waals surface area (Å²) in [5, 5.41) is 4.60. The van der Waals surface area contributed by atoms with Gasteiger partial charge in [0.05, 0.1) is 18.2 Å². The molecule has 1 aliphatic heterocycles. The van der Waals surface area contributed by atoms with E-state index < -0.39 is 11.7 Å². The van der Waals surface area contributed by atoms with E-state index in [1.165, 1.54) is 13.2 Å². The van der Waals surface area contributed by atoms with Crippen LogP contribution in [0.4, 0.5) is 36.3 Å². The average molecular weight is 529 g/mol. The van der Waals surface area contributed by atoms with Crippen LogP contribution in [-0.2, 0) is 6.18 Å². The Hall–Kier alpha value is -3.79. The van der Waals surface area contributed by atoms with Crippen molar-refractivity contribution < 1.29 is 17.9 Å². The Morgan fingerprint density at radius 2 is 1.70 bits per heavy atom. The van der Waals surface area contributed by atoms with Gasteiger partial charge in [-0.05, 0) is 43.3 Å². The van der Waals surface area contributed by atoms with Crippen molar-refractivity contribution in [2.75, 3.05) is 48.4 Å². The average Bonchev–Trinajstić information content (AvgIpc) is 2.87. The molecule has 1 N–H and O–H groups in total. The van der Waals surface area contributed by atoms with Crippen LogP contribution in [0.15, 0.2) is 54.7 Å². The Bertz CT molecular complexity index is 1440. The molecule has 37 heavy (non-hydrogen) atoms. The summed E-state index contributed by atoms with van der Waals surface area (Å²) in [7, 11) is 1.32. The largest absolute Gasteiger partial charge is 0.497 e. The van der Waals surface area contributed by atoms with Gasteiger partial charge in [-0.15, -0.1) is 0 Å². The summed E-state index contributed by atoms with van der Waals surface area (Å²) >= 11 is 6.13. The molecule has 0 saturated carbocycles. The minimum absolute atomic E-state index is 0.0900. The molecule has 0 amide bonds. The maximum Gasteiger partial charge on any atom is 0.416 e. The van der Waals surface area contributed by atoms with Gasteiger partial charge >= 0.3 is 6.18 Å². The van der Waals surface area contributed by atoms with E-state index in [9.17, 15) is 13.2 Å². The molecule has 2 aromatic heterocycles. The van der Waals surface area contributed by atoms with Crippen molar-refractivity contribution >= 4 is 45.6 Å². The van der Waals surface area contributed by atoms with Crippen molar-refractivity contribution in [2.45, 2.75) is 13.1 Å². The van der Waals surface area contributed by atoms with Crippen LogP contribution >= 0.6 is 11.6 Å². The number of hydrogen-bond acceptors (Lipinski definition) is 7. The van der Waals surface area contributed by atoms with E-state index in [2.05, 4.69) is 30.1 Å². The molecule has 0 unspecified atom stereocenters. The normalized spacial score (nSPS) is 14.2. The van der Waals surface area contributed by atoms with E-state index in [0.29, 0.717) is 29.6 Å². The molecule has 0 aliphatic carbocycles. The van der Waals surface area contributed by atoms with E-state index in [0.717, 1.165) is 41.8 Å². The van der Waals surface area contributed by atoms with Gasteiger partial charge in [-0.2, -0.15) is 18.2 Å². The van der Waals surface area contributed by atoms with Gasteiger partial charge < -0.3 is 19.9 Å². The second-order valence-electron chi connectivity index (χ2n) is 8.73. The second kappa shape index (κ2) is 9.93. The maximum absolute atomic E-state index is 13.3. The summed E-state index contributed by atoms with van der Waals surface area (Å²) in [6, 6.07) is 13.0. The van der Waals surface area contributed by atoms with Crippen molar-refractivity contribution in [1.82, 2.24) is 15.0 Å². The highest BCUT2D eigenvalue weighted by molar-refractivity contribution is 6.31. The highest BCUT2D eigenvalue weighted by atomic mass is 35.5. The van der Waals surface area contributed by atoms with Crippen LogP contribution < -0.4 is 19.9 Å². The quantitative estimate of drug-likeness (QED) is 0.336. The number of aryl methyl sites for hydroxylation is 1. The fraction of sp³-hybridized carbons (Fsp3) is 0.269. The highest BCUT2D eigenvalue weighted by Crippen LogP contribution is 2.35. The van der Waals surface area contributed by atoms with E-state index in [1.807, 2.05) is 37.3 Å². The monoisotopic (exact) mass is 528 g/mol. The lowest BCUT2D eigenvalue weighted by Crippen LogP contribution is -2.47. The molecule has 1 aliphatic rings. The van der Waals surface area contributed by atoms with Crippen LogP contribution in [0.2, 0.25) is 5.02 Å². The van der Waals surface area contributed by atoms with Gasteiger partial charge in [-0.1, -0.05) is 11.6 Å². The van der Waals surface area contributed by atoms with Crippen LogP contribution in [0.3, 0.4) is 0 Å². The lowest BCUT2D eigenvalue weighted by molar-refractivity contribution is -0.137. The van der Waals surface area contributed by atoms with Gasteiger partial charge in [0.25, 0.3) is 0 Å². The van der Waals surface area contributed by atoms with Gasteiger partial charge in [0, 0.05) is 72.0 Å². The molecule has 7 nitrogen and oxygen atoms in total. The first kappa shape index (κ1) is 24.9. The molecule has 11 heteroatoms. The summed E-state index contributed by atoms with van der Waals surface area (Å²) in [6.45, 7) is 4.78. The number of pyridine rings is 1. The highest BCUT2D eigenvalue weighted by Gasteiger charge is 2.31. The summed E-state index contributed by atoms with van der Waals surface area (Å²) in [5.74, 6) is 1.02. The number of aromatic nitrogens is 3. The van der Waals surface area contributed by atoms with Crippen LogP contribution in [0.5, 0.6) is 5.75 Å². The van der Waals surface area contributed by atoms with E-state index in [-0.39, 0.29) is 17.4 Å². The van der Waals surface area contributed by atoms with Crippen LogP contribution in [0.25, 0.3) is 10.9 Å². The predicted molar refractivity (Wildman–Crippen MR) is 139 cm³/mol. The molecule has 0 bridgehead atoms. The van der Waals surface area contributed by atoms with Gasteiger partial charge in [-0.3, -0.25) is 4.98 Å². The van der Waals surface area contributed by atoms with Crippen LogP contribution in [0.1, 0.15) is 11.3 Å². The van der Waals surface area contributed by atoms with Crippen LogP contribution in [-0.4, -0.2) is 48.2 Å². The van der Waals surface area contributed by atoms with Crippen molar-refractivity contribution in [2.24, 2.45) is 0 Å². The lowest BCUT2D eigenvalue weighted by atomic mass is 10.1. The number of hydrogen-bond donors (Lipinski definition) is 1. The Morgan fingerprint density at radius 3 is 2.43 bits per heavy atom. The van der Waals surface area contributed by atoms with Gasteiger partial charge in [0.15, 0.2) is 0 Å². The standard InChI is InChI=1S/C26H24ClF3N6O/c1-16-11-24(34-25(32-16)33-19-12-17(26(28,29)30)13-20(15-19)37-2)36-9-7-35(8-10-36)23-5-6-31-22-14-18(27)3-4-21(22)23/h3-6,11-15H,7-10H2,1-2H3,(H,32,33,34). The molecule has 0 spiro atoms. The summed E-state index contributed by atoms with van der Waals surface area (Å²) in [4.78, 5) is 17.8. The number of anilines is 4.